The number of hydrogen-bond donors (Lipinski definition) is 3. The quantitative estimate of drug-likeness (QED) is 0.282. The van der Waals surface area contributed by atoms with E-state index in [1.54, 1.807) is 36.4 Å². The van der Waals surface area contributed by atoms with Crippen LogP contribution in [0.25, 0.3) is 0 Å². The maximum atomic E-state index is 12.9. The van der Waals surface area contributed by atoms with E-state index in [4.69, 9.17) is 11.6 Å². The highest BCUT2D eigenvalue weighted by Gasteiger charge is 2.21. The van der Waals surface area contributed by atoms with Crippen LogP contribution in [-0.4, -0.2) is 42.8 Å². The zero-order chi connectivity index (χ0) is 27.7. The number of pyridine rings is 1. The second kappa shape index (κ2) is 13.2. The summed E-state index contributed by atoms with van der Waals surface area (Å²) in [6, 6.07) is 13.8. The number of halogens is 1. The number of carbonyl (C=O) groups is 3. The third-order valence-electron chi connectivity index (χ3n) is 5.72. The number of aromatic carboxylic acids is 1. The van der Waals surface area contributed by atoms with Crippen LogP contribution in [0.1, 0.15) is 68.5 Å². The molecule has 0 aliphatic carbocycles. The van der Waals surface area contributed by atoms with Gasteiger partial charge in [0.05, 0.1) is 10.5 Å². The van der Waals surface area contributed by atoms with E-state index in [9.17, 15) is 27.9 Å². The molecule has 0 aliphatic heterocycles. The van der Waals surface area contributed by atoms with E-state index in [0.717, 1.165) is 25.5 Å². The minimum atomic E-state index is -4.22. The Morgan fingerprint density at radius 2 is 1.68 bits per heavy atom. The van der Waals surface area contributed by atoms with Crippen molar-refractivity contribution in [1.82, 2.24) is 15.0 Å². The number of benzene rings is 2. The van der Waals surface area contributed by atoms with Gasteiger partial charge in [0, 0.05) is 23.3 Å². The summed E-state index contributed by atoms with van der Waals surface area (Å²) in [4.78, 5) is 40.2. The van der Waals surface area contributed by atoms with Crippen LogP contribution < -0.4 is 10.0 Å². The lowest BCUT2D eigenvalue weighted by Gasteiger charge is -2.11. The van der Waals surface area contributed by atoms with Gasteiger partial charge in [0.15, 0.2) is 5.69 Å². The molecule has 0 spiro atoms. The van der Waals surface area contributed by atoms with Gasteiger partial charge in [-0.1, -0.05) is 43.5 Å². The van der Waals surface area contributed by atoms with Gasteiger partial charge in [-0.05, 0) is 72.9 Å². The molecule has 1 aromatic heterocycles. The van der Waals surface area contributed by atoms with Crippen molar-refractivity contribution >= 4 is 39.4 Å². The standard InChI is InChI=1S/C27H28ClN3O6S/c1-2-3-4-7-20-16-21(17-30-24(20)27(34)35)26(33)31-38(36,37)23-8-5-6-18(15-23)13-14-29-25(32)19-9-11-22(28)12-10-19/h5-6,8-12,15-17H,2-4,7,13-14H2,1H3,(H,29,32)(H,31,33)(H,34,35). The van der Waals surface area contributed by atoms with Crippen LogP contribution in [0.15, 0.2) is 65.7 Å². The van der Waals surface area contributed by atoms with Crippen LogP contribution in [0.3, 0.4) is 0 Å². The van der Waals surface area contributed by atoms with Gasteiger partial charge in [0.25, 0.3) is 21.8 Å². The highest BCUT2D eigenvalue weighted by atomic mass is 35.5. The molecule has 38 heavy (non-hydrogen) atoms. The molecule has 3 N–H and O–H groups in total. The molecular formula is C27H28ClN3O6S. The predicted octanol–water partition coefficient (Wildman–Crippen LogP) is 4.26. The monoisotopic (exact) mass is 557 g/mol. The van der Waals surface area contributed by atoms with Gasteiger partial charge in [-0.15, -0.1) is 0 Å². The van der Waals surface area contributed by atoms with Gasteiger partial charge in [0.1, 0.15) is 0 Å². The van der Waals surface area contributed by atoms with E-state index < -0.39 is 21.9 Å². The molecule has 0 saturated heterocycles. The molecule has 0 fully saturated rings. The number of hydrogen-bond acceptors (Lipinski definition) is 6. The van der Waals surface area contributed by atoms with E-state index in [1.165, 1.54) is 18.2 Å². The van der Waals surface area contributed by atoms with Crippen molar-refractivity contribution in [2.75, 3.05) is 6.54 Å². The van der Waals surface area contributed by atoms with Gasteiger partial charge in [0.2, 0.25) is 0 Å². The highest BCUT2D eigenvalue weighted by molar-refractivity contribution is 7.90. The zero-order valence-corrected chi connectivity index (χ0v) is 22.3. The second-order valence-electron chi connectivity index (χ2n) is 8.59. The Hall–Kier alpha value is -3.76. The number of aromatic nitrogens is 1. The molecule has 2 aromatic carbocycles. The van der Waals surface area contributed by atoms with Crippen molar-refractivity contribution < 1.29 is 27.9 Å². The Bertz CT molecular complexity index is 1420. The van der Waals surface area contributed by atoms with Crippen LogP contribution in [0.5, 0.6) is 0 Å². The Kier molecular flexibility index (Phi) is 9.98. The largest absolute Gasteiger partial charge is 0.477 e. The third-order valence-corrected chi connectivity index (χ3v) is 7.30. The average Bonchev–Trinajstić information content (AvgIpc) is 2.89. The number of sulfonamides is 1. The fraction of sp³-hybridized carbons (Fsp3) is 0.259. The molecule has 0 bridgehead atoms. The molecule has 0 saturated carbocycles. The number of amides is 2. The van der Waals surface area contributed by atoms with Gasteiger partial charge in [-0.2, -0.15) is 0 Å². The number of rotatable bonds is 12. The van der Waals surface area contributed by atoms with Gasteiger partial charge in [-0.3, -0.25) is 9.59 Å². The number of nitrogens with one attached hydrogen (secondary N) is 2. The van der Waals surface area contributed by atoms with E-state index in [2.05, 4.69) is 10.3 Å². The topological polar surface area (TPSA) is 143 Å². The maximum Gasteiger partial charge on any atom is 0.354 e. The molecule has 9 nitrogen and oxygen atoms in total. The molecule has 0 radical (unpaired) electrons. The maximum absolute atomic E-state index is 12.9. The minimum Gasteiger partial charge on any atom is -0.477 e. The molecule has 200 valence electrons. The summed E-state index contributed by atoms with van der Waals surface area (Å²) in [5.41, 5.74) is 1.26. The number of unbranched alkanes of at least 4 members (excludes halogenated alkanes) is 2. The molecule has 2 amide bonds. The minimum absolute atomic E-state index is 0.0499. The number of carboxylic acids is 1. The molecular weight excluding hydrogens is 530 g/mol. The number of carbonyl (C=O) groups excluding carboxylic acids is 2. The summed E-state index contributed by atoms with van der Waals surface area (Å²) >= 11 is 5.83. The normalized spacial score (nSPS) is 11.1. The third kappa shape index (κ3) is 7.87. The van der Waals surface area contributed by atoms with Crippen LogP contribution in [-0.2, 0) is 22.9 Å². The van der Waals surface area contributed by atoms with Crippen molar-refractivity contribution in [2.45, 2.75) is 43.9 Å². The van der Waals surface area contributed by atoms with Crippen molar-refractivity contribution in [2.24, 2.45) is 0 Å². The highest BCUT2D eigenvalue weighted by Crippen LogP contribution is 2.16. The van der Waals surface area contributed by atoms with E-state index in [-0.39, 0.29) is 28.6 Å². The van der Waals surface area contributed by atoms with Crippen LogP contribution in [0.4, 0.5) is 0 Å². The predicted molar refractivity (Wildman–Crippen MR) is 143 cm³/mol. The smallest absolute Gasteiger partial charge is 0.354 e. The first kappa shape index (κ1) is 28.8. The van der Waals surface area contributed by atoms with Gasteiger partial charge < -0.3 is 10.4 Å². The van der Waals surface area contributed by atoms with E-state index in [0.29, 0.717) is 34.6 Å². The van der Waals surface area contributed by atoms with Crippen LogP contribution in [0.2, 0.25) is 5.02 Å². The fourth-order valence-electron chi connectivity index (χ4n) is 3.71. The van der Waals surface area contributed by atoms with E-state index >= 15 is 0 Å². The molecule has 1 heterocycles. The molecule has 0 unspecified atom stereocenters. The SMILES string of the molecule is CCCCCc1cc(C(=O)NS(=O)(=O)c2cccc(CCNC(=O)c3ccc(Cl)cc3)c2)cnc1C(=O)O. The summed E-state index contributed by atoms with van der Waals surface area (Å²) in [7, 11) is -4.22. The summed E-state index contributed by atoms with van der Waals surface area (Å²) in [5.74, 6) is -2.40. The lowest BCUT2D eigenvalue weighted by molar-refractivity contribution is 0.0688. The molecule has 3 aromatic rings. The summed E-state index contributed by atoms with van der Waals surface area (Å²) in [6.45, 7) is 2.28. The summed E-state index contributed by atoms with van der Waals surface area (Å²) in [6.07, 6.45) is 4.35. The first-order valence-corrected chi connectivity index (χ1v) is 13.9. The van der Waals surface area contributed by atoms with Crippen molar-refractivity contribution in [3.8, 4) is 0 Å². The van der Waals surface area contributed by atoms with Crippen LogP contribution >= 0.6 is 11.6 Å². The number of nitrogens with zero attached hydrogens (tertiary/aromatic N) is 1. The summed E-state index contributed by atoms with van der Waals surface area (Å²) in [5, 5.41) is 12.7. The van der Waals surface area contributed by atoms with Gasteiger partial charge in [-0.25, -0.2) is 22.9 Å². The Labute approximate surface area is 226 Å². The van der Waals surface area contributed by atoms with Crippen molar-refractivity contribution in [3.05, 3.63) is 93.8 Å². The summed E-state index contributed by atoms with van der Waals surface area (Å²) < 4.78 is 27.8. The lowest BCUT2D eigenvalue weighted by atomic mass is 10.0. The number of carboxylic acid groups (broad SMARTS) is 1. The van der Waals surface area contributed by atoms with Crippen molar-refractivity contribution in [1.29, 1.82) is 0 Å². The first-order valence-electron chi connectivity index (χ1n) is 12.0. The Morgan fingerprint density at radius 3 is 2.37 bits per heavy atom. The van der Waals surface area contributed by atoms with Crippen LogP contribution in [0, 0.1) is 0 Å². The average molecular weight is 558 g/mol. The Morgan fingerprint density at radius 1 is 0.947 bits per heavy atom. The molecule has 3 rings (SSSR count). The van der Waals surface area contributed by atoms with Gasteiger partial charge >= 0.3 is 5.97 Å². The molecule has 11 heteroatoms. The fourth-order valence-corrected chi connectivity index (χ4v) is 4.88. The second-order valence-corrected chi connectivity index (χ2v) is 10.7. The zero-order valence-electron chi connectivity index (χ0n) is 20.7. The Balaban J connectivity index is 1.67. The lowest BCUT2D eigenvalue weighted by Crippen LogP contribution is -2.31. The molecule has 0 aliphatic rings. The van der Waals surface area contributed by atoms with E-state index in [1.807, 2.05) is 11.6 Å². The van der Waals surface area contributed by atoms with Crippen molar-refractivity contribution in [3.63, 3.8) is 0 Å². The number of aryl methyl sites for hydroxylation is 1. The molecule has 0 atom stereocenters. The first-order chi connectivity index (χ1) is 18.1.